The highest BCUT2D eigenvalue weighted by atomic mass is 35.5. The zero-order chi connectivity index (χ0) is 17.7. The van der Waals surface area contributed by atoms with Crippen LogP contribution in [-0.4, -0.2) is 30.0 Å². The molecule has 6 heteroatoms. The Morgan fingerprint density at radius 1 is 1.17 bits per heavy atom. The van der Waals surface area contributed by atoms with Crippen LogP contribution in [0.2, 0.25) is 5.15 Å². The average molecular weight is 348 g/mol. The molecule has 126 valence electrons. The van der Waals surface area contributed by atoms with Gasteiger partial charge in [-0.1, -0.05) is 11.6 Å². The molecule has 1 aromatic heterocycles. The topological polar surface area (TPSA) is 65.5 Å². The number of benzene rings is 1. The van der Waals surface area contributed by atoms with Crippen LogP contribution < -0.4 is 4.74 Å². The maximum atomic E-state index is 12.2. The van der Waals surface area contributed by atoms with E-state index >= 15 is 0 Å². The lowest BCUT2D eigenvalue weighted by molar-refractivity contribution is 0.0473. The SMILES string of the molecule is CCOc1ccc(C(=O)COC(=O)c2c(C)cc(C)nc2Cl)cc1. The number of aromatic nitrogens is 1. The Hall–Kier alpha value is -2.40. The normalized spacial score (nSPS) is 10.3. The van der Waals surface area contributed by atoms with E-state index in [0.717, 1.165) is 0 Å². The molecule has 0 spiro atoms. The number of Topliss-reactive ketones (excluding diaryl/α,β-unsaturated/α-hetero) is 1. The van der Waals surface area contributed by atoms with Gasteiger partial charge in [-0.3, -0.25) is 4.79 Å². The van der Waals surface area contributed by atoms with Crippen molar-refractivity contribution in [3.05, 3.63) is 57.9 Å². The van der Waals surface area contributed by atoms with Crippen molar-refractivity contribution in [1.82, 2.24) is 4.98 Å². The lowest BCUT2D eigenvalue weighted by Crippen LogP contribution is -2.16. The molecule has 0 atom stereocenters. The molecule has 0 bridgehead atoms. The summed E-state index contributed by atoms with van der Waals surface area (Å²) in [6, 6.07) is 8.39. The zero-order valence-electron chi connectivity index (χ0n) is 13.8. The van der Waals surface area contributed by atoms with Crippen molar-refractivity contribution in [2.24, 2.45) is 0 Å². The fourth-order valence-corrected chi connectivity index (χ4v) is 2.59. The van der Waals surface area contributed by atoms with Crippen molar-refractivity contribution in [2.45, 2.75) is 20.8 Å². The first-order valence-corrected chi connectivity index (χ1v) is 7.87. The fraction of sp³-hybridized carbons (Fsp3) is 0.278. The number of halogens is 1. The maximum Gasteiger partial charge on any atom is 0.342 e. The van der Waals surface area contributed by atoms with Gasteiger partial charge in [-0.15, -0.1) is 0 Å². The molecule has 0 aliphatic heterocycles. The van der Waals surface area contributed by atoms with E-state index in [4.69, 9.17) is 21.1 Å². The number of esters is 1. The fourth-order valence-electron chi connectivity index (χ4n) is 2.23. The maximum absolute atomic E-state index is 12.2. The van der Waals surface area contributed by atoms with E-state index in [1.807, 2.05) is 6.92 Å². The molecule has 5 nitrogen and oxygen atoms in total. The van der Waals surface area contributed by atoms with Crippen LogP contribution in [0.1, 0.15) is 38.9 Å². The minimum Gasteiger partial charge on any atom is -0.494 e. The standard InChI is InChI=1S/C18H18ClNO4/c1-4-23-14-7-5-13(6-8-14)15(21)10-24-18(22)16-11(2)9-12(3)20-17(16)19/h5-9H,4,10H2,1-3H3. The monoisotopic (exact) mass is 347 g/mol. The second-order valence-corrected chi connectivity index (χ2v) is 5.56. The molecule has 0 N–H and O–H groups in total. The van der Waals surface area contributed by atoms with Crippen LogP contribution >= 0.6 is 11.6 Å². The number of ether oxygens (including phenoxy) is 2. The minimum atomic E-state index is -0.663. The third-order valence-corrected chi connectivity index (χ3v) is 3.60. The number of ketones is 1. The van der Waals surface area contributed by atoms with Gasteiger partial charge in [0.15, 0.2) is 12.4 Å². The largest absolute Gasteiger partial charge is 0.494 e. The van der Waals surface area contributed by atoms with E-state index < -0.39 is 5.97 Å². The highest BCUT2D eigenvalue weighted by molar-refractivity contribution is 6.32. The van der Waals surface area contributed by atoms with Crippen molar-refractivity contribution in [3.63, 3.8) is 0 Å². The lowest BCUT2D eigenvalue weighted by Gasteiger charge is -2.09. The average Bonchev–Trinajstić information content (AvgIpc) is 2.52. The number of aryl methyl sites for hydroxylation is 2. The number of hydrogen-bond donors (Lipinski definition) is 0. The molecule has 0 aliphatic rings. The van der Waals surface area contributed by atoms with Crippen molar-refractivity contribution in [3.8, 4) is 5.75 Å². The van der Waals surface area contributed by atoms with Crippen LogP contribution in [0.4, 0.5) is 0 Å². The number of rotatable bonds is 6. The molecule has 0 saturated heterocycles. The highest BCUT2D eigenvalue weighted by Gasteiger charge is 2.18. The van der Waals surface area contributed by atoms with Crippen LogP contribution in [0.25, 0.3) is 0 Å². The molecule has 0 aliphatic carbocycles. The Balaban J connectivity index is 2.02. The summed E-state index contributed by atoms with van der Waals surface area (Å²) in [6.07, 6.45) is 0. The number of pyridine rings is 1. The lowest BCUT2D eigenvalue weighted by atomic mass is 10.1. The summed E-state index contributed by atoms with van der Waals surface area (Å²) in [5, 5.41) is 0.0750. The predicted octanol–water partition coefficient (Wildman–Crippen LogP) is 3.79. The van der Waals surface area contributed by atoms with E-state index in [-0.39, 0.29) is 23.1 Å². The summed E-state index contributed by atoms with van der Waals surface area (Å²) < 4.78 is 10.4. The molecule has 0 fully saturated rings. The Morgan fingerprint density at radius 2 is 1.83 bits per heavy atom. The minimum absolute atomic E-state index is 0.0750. The highest BCUT2D eigenvalue weighted by Crippen LogP contribution is 2.20. The van der Waals surface area contributed by atoms with Crippen molar-refractivity contribution in [1.29, 1.82) is 0 Å². The van der Waals surface area contributed by atoms with Crippen LogP contribution in [0.3, 0.4) is 0 Å². The summed E-state index contributed by atoms with van der Waals surface area (Å²) in [7, 11) is 0. The summed E-state index contributed by atoms with van der Waals surface area (Å²) in [6.45, 7) is 5.59. The number of carbonyl (C=O) groups is 2. The van der Waals surface area contributed by atoms with Crippen LogP contribution in [0.15, 0.2) is 30.3 Å². The van der Waals surface area contributed by atoms with Crippen LogP contribution in [0, 0.1) is 13.8 Å². The Morgan fingerprint density at radius 3 is 2.42 bits per heavy atom. The Labute approximate surface area is 145 Å². The molecule has 1 aromatic carbocycles. The van der Waals surface area contributed by atoms with Crippen molar-refractivity contribution in [2.75, 3.05) is 13.2 Å². The summed E-state index contributed by atoms with van der Waals surface area (Å²) in [4.78, 5) is 28.3. The molecule has 0 amide bonds. The first kappa shape index (κ1) is 17.9. The number of nitrogens with zero attached hydrogens (tertiary/aromatic N) is 1. The van der Waals surface area contributed by atoms with Gasteiger partial charge in [-0.2, -0.15) is 0 Å². The molecular formula is C18H18ClNO4. The van der Waals surface area contributed by atoms with E-state index in [9.17, 15) is 9.59 Å². The molecule has 2 rings (SSSR count). The van der Waals surface area contributed by atoms with E-state index in [0.29, 0.717) is 29.2 Å². The van der Waals surface area contributed by atoms with Gasteiger partial charge >= 0.3 is 5.97 Å². The predicted molar refractivity (Wildman–Crippen MR) is 90.9 cm³/mol. The third-order valence-electron chi connectivity index (χ3n) is 3.33. The van der Waals surface area contributed by atoms with Gasteiger partial charge in [0, 0.05) is 11.3 Å². The first-order chi connectivity index (χ1) is 11.4. The second kappa shape index (κ2) is 7.93. The molecule has 1 heterocycles. The van der Waals surface area contributed by atoms with E-state index in [1.54, 1.807) is 44.2 Å². The van der Waals surface area contributed by atoms with Gasteiger partial charge in [0.2, 0.25) is 0 Å². The first-order valence-electron chi connectivity index (χ1n) is 7.49. The van der Waals surface area contributed by atoms with Crippen LogP contribution in [-0.2, 0) is 4.74 Å². The summed E-state index contributed by atoms with van der Waals surface area (Å²) >= 11 is 6.00. The van der Waals surface area contributed by atoms with Gasteiger partial charge in [-0.05, 0) is 56.7 Å². The van der Waals surface area contributed by atoms with Gasteiger partial charge in [0.1, 0.15) is 10.9 Å². The number of hydrogen-bond acceptors (Lipinski definition) is 5. The summed E-state index contributed by atoms with van der Waals surface area (Å²) in [5.41, 5.74) is 1.99. The summed E-state index contributed by atoms with van der Waals surface area (Å²) in [5.74, 6) is -0.288. The molecule has 0 radical (unpaired) electrons. The Bertz CT molecular complexity index is 733. The molecular weight excluding hydrogens is 330 g/mol. The van der Waals surface area contributed by atoms with Gasteiger partial charge in [0.25, 0.3) is 0 Å². The van der Waals surface area contributed by atoms with Crippen LogP contribution in [0.5, 0.6) is 5.75 Å². The quantitative estimate of drug-likeness (QED) is 0.452. The molecule has 2 aromatic rings. The van der Waals surface area contributed by atoms with Gasteiger partial charge < -0.3 is 9.47 Å². The third kappa shape index (κ3) is 4.32. The second-order valence-electron chi connectivity index (χ2n) is 5.20. The van der Waals surface area contributed by atoms with Crippen molar-refractivity contribution < 1.29 is 19.1 Å². The smallest absolute Gasteiger partial charge is 0.342 e. The van der Waals surface area contributed by atoms with Gasteiger partial charge in [0.05, 0.1) is 12.2 Å². The molecule has 0 unspecified atom stereocenters. The number of carbonyl (C=O) groups excluding carboxylic acids is 2. The molecule has 0 saturated carbocycles. The Kier molecular flexibility index (Phi) is 5.93. The molecule has 24 heavy (non-hydrogen) atoms. The van der Waals surface area contributed by atoms with Gasteiger partial charge in [-0.25, -0.2) is 9.78 Å². The van der Waals surface area contributed by atoms with E-state index in [2.05, 4.69) is 4.98 Å². The van der Waals surface area contributed by atoms with Crippen molar-refractivity contribution >= 4 is 23.4 Å². The van der Waals surface area contributed by atoms with E-state index in [1.165, 1.54) is 0 Å². The zero-order valence-corrected chi connectivity index (χ0v) is 14.5.